The number of anilines is 3. The number of esters is 1. The highest BCUT2D eigenvalue weighted by Crippen LogP contribution is 2.28. The number of pyridine rings is 1. The summed E-state index contributed by atoms with van der Waals surface area (Å²) >= 11 is 0. The number of rotatable bonds is 4. The monoisotopic (exact) mass is 271 g/mol. The standard InChI is InChI=1S/C15H17N3O2/c1-3-20-15(19)11-6-4-7-12(16)14(11)18-13-8-5-9-17-10(13)2/h4-9,18H,3,16H2,1-2H3. The molecule has 104 valence electrons. The van der Waals surface area contributed by atoms with Crippen LogP contribution in [-0.4, -0.2) is 17.6 Å². The number of aromatic nitrogens is 1. The molecule has 20 heavy (non-hydrogen) atoms. The van der Waals surface area contributed by atoms with E-state index in [0.717, 1.165) is 11.4 Å². The third kappa shape index (κ3) is 2.88. The van der Waals surface area contributed by atoms with Crippen molar-refractivity contribution in [1.82, 2.24) is 4.98 Å². The zero-order valence-electron chi connectivity index (χ0n) is 11.5. The molecule has 2 aromatic rings. The van der Waals surface area contributed by atoms with Crippen molar-refractivity contribution in [2.24, 2.45) is 0 Å². The number of nitrogen functional groups attached to an aromatic ring is 1. The van der Waals surface area contributed by atoms with Gasteiger partial charge >= 0.3 is 5.97 Å². The number of nitrogens with two attached hydrogens (primary N) is 1. The average Bonchev–Trinajstić information content (AvgIpc) is 2.43. The highest BCUT2D eigenvalue weighted by molar-refractivity contribution is 6.00. The number of benzene rings is 1. The third-order valence-corrected chi connectivity index (χ3v) is 2.86. The second-order valence-corrected chi connectivity index (χ2v) is 4.25. The normalized spacial score (nSPS) is 10.1. The Morgan fingerprint density at radius 2 is 2.15 bits per heavy atom. The van der Waals surface area contributed by atoms with E-state index in [1.165, 1.54) is 0 Å². The number of nitrogens with one attached hydrogen (secondary N) is 1. The van der Waals surface area contributed by atoms with Gasteiger partial charge in [0.05, 0.1) is 34.9 Å². The van der Waals surface area contributed by atoms with Crippen molar-refractivity contribution in [2.45, 2.75) is 13.8 Å². The van der Waals surface area contributed by atoms with Crippen LogP contribution in [0, 0.1) is 6.92 Å². The quantitative estimate of drug-likeness (QED) is 0.660. The number of hydrogen-bond acceptors (Lipinski definition) is 5. The molecular formula is C15H17N3O2. The van der Waals surface area contributed by atoms with E-state index in [4.69, 9.17) is 10.5 Å². The lowest BCUT2D eigenvalue weighted by atomic mass is 10.1. The number of aryl methyl sites for hydroxylation is 1. The summed E-state index contributed by atoms with van der Waals surface area (Å²) in [6.07, 6.45) is 1.71. The van der Waals surface area contributed by atoms with Crippen LogP contribution in [0.15, 0.2) is 36.5 Å². The van der Waals surface area contributed by atoms with Crippen LogP contribution in [0.5, 0.6) is 0 Å². The lowest BCUT2D eigenvalue weighted by molar-refractivity contribution is 0.0527. The van der Waals surface area contributed by atoms with E-state index < -0.39 is 5.97 Å². The van der Waals surface area contributed by atoms with Gasteiger partial charge in [0.1, 0.15) is 0 Å². The highest BCUT2D eigenvalue weighted by atomic mass is 16.5. The molecule has 0 fully saturated rings. The lowest BCUT2D eigenvalue weighted by Crippen LogP contribution is -2.10. The molecule has 1 aromatic heterocycles. The Balaban J connectivity index is 2.40. The van der Waals surface area contributed by atoms with E-state index in [2.05, 4.69) is 10.3 Å². The van der Waals surface area contributed by atoms with Crippen LogP contribution < -0.4 is 11.1 Å². The molecule has 0 bridgehead atoms. The van der Waals surface area contributed by atoms with E-state index in [1.807, 2.05) is 19.1 Å². The van der Waals surface area contributed by atoms with Gasteiger partial charge in [0, 0.05) is 6.20 Å². The fraction of sp³-hybridized carbons (Fsp3) is 0.200. The Labute approximate surface area is 117 Å². The van der Waals surface area contributed by atoms with Gasteiger partial charge in [-0.15, -0.1) is 0 Å². The molecule has 0 amide bonds. The molecule has 0 unspecified atom stereocenters. The molecule has 0 saturated carbocycles. The van der Waals surface area contributed by atoms with Gasteiger partial charge in [-0.25, -0.2) is 4.79 Å². The molecule has 0 aliphatic heterocycles. The first-order valence-corrected chi connectivity index (χ1v) is 6.37. The predicted molar refractivity (Wildman–Crippen MR) is 79.1 cm³/mol. The topological polar surface area (TPSA) is 77.2 Å². The maximum Gasteiger partial charge on any atom is 0.340 e. The largest absolute Gasteiger partial charge is 0.462 e. The van der Waals surface area contributed by atoms with Gasteiger partial charge in [-0.2, -0.15) is 0 Å². The van der Waals surface area contributed by atoms with E-state index in [-0.39, 0.29) is 0 Å². The zero-order valence-corrected chi connectivity index (χ0v) is 11.5. The average molecular weight is 271 g/mol. The van der Waals surface area contributed by atoms with Gasteiger partial charge in [0.25, 0.3) is 0 Å². The van der Waals surface area contributed by atoms with Crippen molar-refractivity contribution in [3.05, 3.63) is 47.8 Å². The van der Waals surface area contributed by atoms with Crippen LogP contribution in [-0.2, 0) is 4.74 Å². The van der Waals surface area contributed by atoms with Crippen molar-refractivity contribution in [2.75, 3.05) is 17.7 Å². The van der Waals surface area contributed by atoms with Crippen molar-refractivity contribution in [3.63, 3.8) is 0 Å². The first-order valence-electron chi connectivity index (χ1n) is 6.37. The molecule has 1 heterocycles. The summed E-state index contributed by atoms with van der Waals surface area (Å²) < 4.78 is 5.04. The Kier molecular flexibility index (Phi) is 4.20. The van der Waals surface area contributed by atoms with Crippen LogP contribution in [0.25, 0.3) is 0 Å². The SMILES string of the molecule is CCOC(=O)c1cccc(N)c1Nc1cccnc1C. The van der Waals surface area contributed by atoms with Crippen molar-refractivity contribution < 1.29 is 9.53 Å². The van der Waals surface area contributed by atoms with Crippen LogP contribution in [0.3, 0.4) is 0 Å². The summed E-state index contributed by atoms with van der Waals surface area (Å²) in [6, 6.07) is 8.84. The molecule has 3 N–H and O–H groups in total. The van der Waals surface area contributed by atoms with Crippen molar-refractivity contribution in [1.29, 1.82) is 0 Å². The van der Waals surface area contributed by atoms with Gasteiger partial charge in [-0.05, 0) is 38.1 Å². The number of para-hydroxylation sites is 1. The Hall–Kier alpha value is -2.56. The lowest BCUT2D eigenvalue weighted by Gasteiger charge is -2.14. The number of hydrogen-bond donors (Lipinski definition) is 2. The minimum Gasteiger partial charge on any atom is -0.462 e. The summed E-state index contributed by atoms with van der Waals surface area (Å²) in [5.41, 5.74) is 9.03. The molecule has 1 aromatic carbocycles. The van der Waals surface area contributed by atoms with Crippen LogP contribution >= 0.6 is 0 Å². The molecule has 0 aliphatic rings. The molecular weight excluding hydrogens is 254 g/mol. The van der Waals surface area contributed by atoms with Gasteiger partial charge in [-0.3, -0.25) is 4.98 Å². The Morgan fingerprint density at radius 1 is 1.35 bits per heavy atom. The second-order valence-electron chi connectivity index (χ2n) is 4.25. The molecule has 0 aliphatic carbocycles. The van der Waals surface area contributed by atoms with Crippen LogP contribution in [0.2, 0.25) is 0 Å². The Morgan fingerprint density at radius 3 is 2.85 bits per heavy atom. The fourth-order valence-electron chi connectivity index (χ4n) is 1.84. The van der Waals surface area contributed by atoms with Crippen molar-refractivity contribution >= 4 is 23.0 Å². The van der Waals surface area contributed by atoms with E-state index in [1.54, 1.807) is 31.3 Å². The first-order chi connectivity index (χ1) is 9.63. The smallest absolute Gasteiger partial charge is 0.340 e. The van der Waals surface area contributed by atoms with Crippen LogP contribution in [0.1, 0.15) is 23.0 Å². The molecule has 0 spiro atoms. The highest BCUT2D eigenvalue weighted by Gasteiger charge is 2.15. The van der Waals surface area contributed by atoms with E-state index in [9.17, 15) is 4.79 Å². The molecule has 2 rings (SSSR count). The number of carbonyl (C=O) groups excluding carboxylic acids is 1. The summed E-state index contributed by atoms with van der Waals surface area (Å²) in [4.78, 5) is 16.2. The molecule has 5 heteroatoms. The maximum atomic E-state index is 12.0. The number of nitrogens with zero attached hydrogens (tertiary/aromatic N) is 1. The molecule has 0 saturated heterocycles. The second kappa shape index (κ2) is 6.06. The summed E-state index contributed by atoms with van der Waals surface area (Å²) in [5, 5.41) is 3.16. The van der Waals surface area contributed by atoms with E-state index >= 15 is 0 Å². The summed E-state index contributed by atoms with van der Waals surface area (Å²) in [5.74, 6) is -0.399. The molecule has 0 radical (unpaired) electrons. The molecule has 0 atom stereocenters. The summed E-state index contributed by atoms with van der Waals surface area (Å²) in [6.45, 7) is 3.97. The van der Waals surface area contributed by atoms with Gasteiger partial charge in [-0.1, -0.05) is 6.07 Å². The van der Waals surface area contributed by atoms with Crippen LogP contribution in [0.4, 0.5) is 17.1 Å². The van der Waals surface area contributed by atoms with Crippen molar-refractivity contribution in [3.8, 4) is 0 Å². The molecule has 5 nitrogen and oxygen atoms in total. The summed E-state index contributed by atoms with van der Waals surface area (Å²) in [7, 11) is 0. The number of ether oxygens (including phenoxy) is 1. The Bertz CT molecular complexity index is 626. The third-order valence-electron chi connectivity index (χ3n) is 2.86. The van der Waals surface area contributed by atoms with Gasteiger partial charge < -0.3 is 15.8 Å². The minimum absolute atomic E-state index is 0.318. The van der Waals surface area contributed by atoms with E-state index in [0.29, 0.717) is 23.5 Å². The first kappa shape index (κ1) is 13.9. The van der Waals surface area contributed by atoms with Gasteiger partial charge in [0.15, 0.2) is 0 Å². The number of carbonyl (C=O) groups is 1. The fourth-order valence-corrected chi connectivity index (χ4v) is 1.84. The predicted octanol–water partition coefficient (Wildman–Crippen LogP) is 2.89. The minimum atomic E-state index is -0.399. The zero-order chi connectivity index (χ0) is 14.5. The van der Waals surface area contributed by atoms with Gasteiger partial charge in [0.2, 0.25) is 0 Å². The maximum absolute atomic E-state index is 12.0.